The number of hydrogen-bond acceptors (Lipinski definition) is 3. The molecule has 5 nitrogen and oxygen atoms in total. The summed E-state index contributed by atoms with van der Waals surface area (Å²) in [6.45, 7) is 8.09. The lowest BCUT2D eigenvalue weighted by molar-refractivity contribution is 0.102. The van der Waals surface area contributed by atoms with Gasteiger partial charge < -0.3 is 5.32 Å². The molecule has 0 saturated carbocycles. The minimum absolute atomic E-state index is 0.00934. The summed E-state index contributed by atoms with van der Waals surface area (Å²) in [5, 5.41) is 7.87. The Bertz CT molecular complexity index is 864. The molecule has 0 fully saturated rings. The molecule has 6 heteroatoms. The van der Waals surface area contributed by atoms with Crippen LogP contribution in [0, 0.1) is 6.92 Å². The summed E-state index contributed by atoms with van der Waals surface area (Å²) in [5.41, 5.74) is 2.82. The Kier molecular flexibility index (Phi) is 4.82. The van der Waals surface area contributed by atoms with Crippen LogP contribution >= 0.6 is 0 Å². The number of rotatable bonds is 3. The maximum Gasteiger partial charge on any atom is 0.255 e. The van der Waals surface area contributed by atoms with Crippen molar-refractivity contribution in [2.75, 3.05) is 5.32 Å². The Morgan fingerprint density at radius 1 is 1.04 bits per heavy atom. The maximum absolute atomic E-state index is 12.4. The van der Waals surface area contributed by atoms with Crippen molar-refractivity contribution in [2.24, 2.45) is 5.14 Å². The Morgan fingerprint density at radius 3 is 2.12 bits per heavy atom. The molecule has 0 aliphatic carbocycles. The molecule has 1 amide bonds. The Labute approximate surface area is 142 Å². The molecule has 2 aromatic carbocycles. The van der Waals surface area contributed by atoms with Gasteiger partial charge in [-0.05, 0) is 47.7 Å². The number of anilines is 1. The lowest BCUT2D eigenvalue weighted by Crippen LogP contribution is -2.16. The number of hydrogen-bond donors (Lipinski definition) is 2. The fourth-order valence-electron chi connectivity index (χ4n) is 2.23. The highest BCUT2D eigenvalue weighted by Gasteiger charge is 2.15. The lowest BCUT2D eigenvalue weighted by Gasteiger charge is -2.19. The molecule has 0 spiro atoms. The highest BCUT2D eigenvalue weighted by molar-refractivity contribution is 7.89. The number of aryl methyl sites for hydroxylation is 1. The van der Waals surface area contributed by atoms with E-state index < -0.39 is 10.0 Å². The van der Waals surface area contributed by atoms with Crippen LogP contribution < -0.4 is 10.5 Å². The van der Waals surface area contributed by atoms with E-state index in [4.69, 9.17) is 5.14 Å². The van der Waals surface area contributed by atoms with Crippen LogP contribution in [0.4, 0.5) is 5.69 Å². The Hall–Kier alpha value is -2.18. The maximum atomic E-state index is 12.4. The quantitative estimate of drug-likeness (QED) is 0.894. The largest absolute Gasteiger partial charge is 0.322 e. The van der Waals surface area contributed by atoms with Crippen molar-refractivity contribution in [3.05, 3.63) is 59.2 Å². The SMILES string of the molecule is Cc1ccc(S(N)(=O)=O)cc1NC(=O)c1ccc(C(C)(C)C)cc1. The van der Waals surface area contributed by atoms with Crippen LogP contribution in [0.5, 0.6) is 0 Å². The summed E-state index contributed by atoms with van der Waals surface area (Å²) >= 11 is 0. The van der Waals surface area contributed by atoms with Crippen molar-refractivity contribution in [2.45, 2.75) is 38.0 Å². The van der Waals surface area contributed by atoms with Crippen molar-refractivity contribution < 1.29 is 13.2 Å². The van der Waals surface area contributed by atoms with Crippen LogP contribution in [0.2, 0.25) is 0 Å². The summed E-state index contributed by atoms with van der Waals surface area (Å²) in [7, 11) is -3.82. The predicted molar refractivity (Wildman–Crippen MR) is 95.6 cm³/mol. The first-order valence-corrected chi connectivity index (χ1v) is 9.08. The van der Waals surface area contributed by atoms with Crippen molar-refractivity contribution in [3.8, 4) is 0 Å². The standard InChI is InChI=1S/C18H22N2O3S/c1-12-5-10-15(24(19,22)23)11-16(12)20-17(21)13-6-8-14(9-7-13)18(2,3)4/h5-11H,1-4H3,(H,20,21)(H2,19,22,23). The first-order chi connectivity index (χ1) is 11.0. The zero-order chi connectivity index (χ0) is 18.1. The number of sulfonamides is 1. The van der Waals surface area contributed by atoms with Crippen LogP contribution in [-0.2, 0) is 15.4 Å². The average Bonchev–Trinajstić information content (AvgIpc) is 2.47. The van der Waals surface area contributed by atoms with Crippen molar-refractivity contribution in [3.63, 3.8) is 0 Å². The molecule has 0 aliphatic rings. The molecule has 0 aliphatic heterocycles. The Morgan fingerprint density at radius 2 is 1.62 bits per heavy atom. The van der Waals surface area contributed by atoms with E-state index in [1.807, 2.05) is 12.1 Å². The molecular weight excluding hydrogens is 324 g/mol. The second-order valence-corrected chi connectivity index (χ2v) is 8.36. The molecule has 0 unspecified atom stereocenters. The van der Waals surface area contributed by atoms with E-state index >= 15 is 0 Å². The van der Waals surface area contributed by atoms with Crippen LogP contribution in [0.3, 0.4) is 0 Å². The topological polar surface area (TPSA) is 89.3 Å². The van der Waals surface area contributed by atoms with Gasteiger partial charge >= 0.3 is 0 Å². The second kappa shape index (κ2) is 6.37. The number of carbonyl (C=O) groups is 1. The first kappa shape index (κ1) is 18.2. The van der Waals surface area contributed by atoms with Gasteiger partial charge in [-0.25, -0.2) is 13.6 Å². The highest BCUT2D eigenvalue weighted by atomic mass is 32.2. The van der Waals surface area contributed by atoms with Crippen LogP contribution in [-0.4, -0.2) is 14.3 Å². The highest BCUT2D eigenvalue weighted by Crippen LogP contribution is 2.23. The van der Waals surface area contributed by atoms with Crippen molar-refractivity contribution in [1.29, 1.82) is 0 Å². The number of nitrogens with two attached hydrogens (primary N) is 1. The molecule has 0 bridgehead atoms. The van der Waals surface area contributed by atoms with E-state index in [9.17, 15) is 13.2 Å². The number of benzene rings is 2. The van der Waals surface area contributed by atoms with E-state index in [1.54, 1.807) is 25.1 Å². The predicted octanol–water partition coefficient (Wildman–Crippen LogP) is 3.19. The zero-order valence-electron chi connectivity index (χ0n) is 14.3. The van der Waals surface area contributed by atoms with Gasteiger partial charge in [0.2, 0.25) is 10.0 Å². The molecule has 24 heavy (non-hydrogen) atoms. The molecular formula is C18H22N2O3S. The zero-order valence-corrected chi connectivity index (χ0v) is 15.1. The molecule has 0 heterocycles. The van der Waals surface area contributed by atoms with E-state index in [0.717, 1.165) is 11.1 Å². The van der Waals surface area contributed by atoms with Crippen molar-refractivity contribution in [1.82, 2.24) is 0 Å². The third kappa shape index (κ3) is 4.21. The average molecular weight is 346 g/mol. The van der Waals surface area contributed by atoms with Gasteiger partial charge in [0.05, 0.1) is 4.90 Å². The van der Waals surface area contributed by atoms with E-state index in [1.165, 1.54) is 12.1 Å². The summed E-state index contributed by atoms with van der Waals surface area (Å²) in [6.07, 6.45) is 0. The lowest BCUT2D eigenvalue weighted by atomic mass is 9.87. The minimum Gasteiger partial charge on any atom is -0.322 e. The van der Waals surface area contributed by atoms with Gasteiger partial charge in [0.25, 0.3) is 5.91 Å². The molecule has 0 atom stereocenters. The number of nitrogens with one attached hydrogen (secondary N) is 1. The van der Waals surface area contributed by atoms with Gasteiger partial charge in [0, 0.05) is 11.3 Å². The van der Waals surface area contributed by atoms with Gasteiger partial charge in [-0.2, -0.15) is 0 Å². The van der Waals surface area contributed by atoms with E-state index in [0.29, 0.717) is 11.3 Å². The normalized spacial score (nSPS) is 12.0. The van der Waals surface area contributed by atoms with E-state index in [2.05, 4.69) is 26.1 Å². The number of carbonyl (C=O) groups excluding carboxylic acids is 1. The fraction of sp³-hybridized carbons (Fsp3) is 0.278. The molecule has 2 rings (SSSR count). The van der Waals surface area contributed by atoms with Gasteiger partial charge in [-0.15, -0.1) is 0 Å². The first-order valence-electron chi connectivity index (χ1n) is 7.54. The fourth-order valence-corrected chi connectivity index (χ4v) is 2.77. The molecule has 128 valence electrons. The number of amides is 1. The second-order valence-electron chi connectivity index (χ2n) is 6.80. The third-order valence-corrected chi connectivity index (χ3v) is 4.71. The molecule has 3 N–H and O–H groups in total. The molecule has 0 saturated heterocycles. The van der Waals surface area contributed by atoms with Gasteiger partial charge in [0.1, 0.15) is 0 Å². The summed E-state index contributed by atoms with van der Waals surface area (Å²) in [6, 6.07) is 11.7. The monoisotopic (exact) mass is 346 g/mol. The van der Waals surface area contributed by atoms with Gasteiger partial charge in [-0.3, -0.25) is 4.79 Å². The minimum atomic E-state index is -3.82. The van der Waals surface area contributed by atoms with Crippen molar-refractivity contribution >= 4 is 21.6 Å². The summed E-state index contributed by atoms with van der Waals surface area (Å²) in [5.74, 6) is -0.301. The third-order valence-electron chi connectivity index (χ3n) is 3.80. The molecule has 0 aromatic heterocycles. The summed E-state index contributed by atoms with van der Waals surface area (Å²) < 4.78 is 22.9. The summed E-state index contributed by atoms with van der Waals surface area (Å²) in [4.78, 5) is 12.4. The molecule has 2 aromatic rings. The van der Waals surface area contributed by atoms with Crippen LogP contribution in [0.15, 0.2) is 47.4 Å². The van der Waals surface area contributed by atoms with Crippen LogP contribution in [0.25, 0.3) is 0 Å². The van der Waals surface area contributed by atoms with Crippen LogP contribution in [0.1, 0.15) is 42.3 Å². The smallest absolute Gasteiger partial charge is 0.255 e. The Balaban J connectivity index is 2.27. The molecule has 0 radical (unpaired) electrons. The number of primary sulfonamides is 1. The van der Waals surface area contributed by atoms with E-state index in [-0.39, 0.29) is 16.2 Å². The van der Waals surface area contributed by atoms with Gasteiger partial charge in [0.15, 0.2) is 0 Å². The van der Waals surface area contributed by atoms with Gasteiger partial charge in [-0.1, -0.05) is 39.0 Å².